The van der Waals surface area contributed by atoms with E-state index in [0.717, 1.165) is 29.0 Å². The highest BCUT2D eigenvalue weighted by Crippen LogP contribution is 2.48. The maximum atomic E-state index is 12.5. The molecular weight excluding hydrogens is 344 g/mol. The maximum Gasteiger partial charge on any atom is 0.228 e. The van der Waals surface area contributed by atoms with Crippen LogP contribution in [-0.2, 0) is 16.0 Å². The molecule has 27 heavy (non-hydrogen) atoms. The second-order valence-electron chi connectivity index (χ2n) is 6.66. The van der Waals surface area contributed by atoms with Crippen molar-refractivity contribution in [3.05, 3.63) is 59.7 Å². The summed E-state index contributed by atoms with van der Waals surface area (Å²) in [6.45, 7) is 0.178. The number of rotatable bonds is 8. The molecule has 0 aliphatic heterocycles. The first-order chi connectivity index (χ1) is 13.1. The van der Waals surface area contributed by atoms with Crippen molar-refractivity contribution >= 4 is 17.5 Å². The molecule has 0 radical (unpaired) electrons. The van der Waals surface area contributed by atoms with E-state index in [1.54, 1.807) is 19.2 Å². The summed E-state index contributed by atoms with van der Waals surface area (Å²) in [7, 11) is 1.64. The van der Waals surface area contributed by atoms with E-state index in [1.807, 2.05) is 36.4 Å². The van der Waals surface area contributed by atoms with Crippen molar-refractivity contribution in [2.45, 2.75) is 18.8 Å². The van der Waals surface area contributed by atoms with Gasteiger partial charge in [-0.3, -0.25) is 9.59 Å². The quantitative estimate of drug-likeness (QED) is 0.666. The number of carbonyl (C=O) groups excluding carboxylic acids is 2. The third kappa shape index (κ3) is 5.08. The van der Waals surface area contributed by atoms with Crippen LogP contribution in [0.2, 0.25) is 0 Å². The Bertz CT molecular complexity index is 804. The van der Waals surface area contributed by atoms with Crippen LogP contribution >= 0.6 is 0 Å². The Hall–Kier alpha value is -2.86. The normalized spacial score (nSPS) is 17.9. The highest BCUT2D eigenvalue weighted by molar-refractivity contribution is 5.95. The van der Waals surface area contributed by atoms with Gasteiger partial charge in [-0.1, -0.05) is 24.3 Å². The fourth-order valence-corrected chi connectivity index (χ4v) is 3.11. The second-order valence-corrected chi connectivity index (χ2v) is 6.66. The van der Waals surface area contributed by atoms with Gasteiger partial charge in [0.1, 0.15) is 5.75 Å². The van der Waals surface area contributed by atoms with Crippen LogP contribution in [-0.4, -0.2) is 37.2 Å². The fraction of sp³-hybridized carbons (Fsp3) is 0.333. The van der Waals surface area contributed by atoms with Crippen molar-refractivity contribution in [3.63, 3.8) is 0 Å². The molecule has 2 aromatic rings. The molecule has 1 saturated carbocycles. The van der Waals surface area contributed by atoms with Crippen LogP contribution in [0.3, 0.4) is 0 Å². The molecule has 0 unspecified atom stereocenters. The van der Waals surface area contributed by atoms with Gasteiger partial charge in [0.25, 0.3) is 0 Å². The van der Waals surface area contributed by atoms with Crippen LogP contribution < -0.4 is 15.4 Å². The van der Waals surface area contributed by atoms with Crippen LogP contribution in [0.1, 0.15) is 23.5 Å². The average molecular weight is 368 g/mol. The van der Waals surface area contributed by atoms with Crippen LogP contribution in [0, 0.1) is 5.92 Å². The highest BCUT2D eigenvalue weighted by atomic mass is 16.5. The molecule has 0 heterocycles. The molecule has 0 spiro atoms. The number of aliphatic hydroxyl groups excluding tert-OH is 1. The monoisotopic (exact) mass is 368 g/mol. The number of amides is 2. The van der Waals surface area contributed by atoms with Gasteiger partial charge in [-0.05, 0) is 47.7 Å². The van der Waals surface area contributed by atoms with Crippen LogP contribution in [0.15, 0.2) is 48.5 Å². The summed E-state index contributed by atoms with van der Waals surface area (Å²) in [5, 5.41) is 14.3. The van der Waals surface area contributed by atoms with Crippen LogP contribution in [0.4, 0.5) is 5.69 Å². The molecule has 0 saturated heterocycles. The summed E-state index contributed by atoms with van der Waals surface area (Å²) in [6.07, 6.45) is 1.08. The minimum Gasteiger partial charge on any atom is -0.497 e. The Kier molecular flexibility index (Phi) is 6.08. The van der Waals surface area contributed by atoms with E-state index in [-0.39, 0.29) is 43.2 Å². The van der Waals surface area contributed by atoms with E-state index in [0.29, 0.717) is 0 Å². The van der Waals surface area contributed by atoms with Gasteiger partial charge in [-0.2, -0.15) is 0 Å². The number of hydrogen-bond donors (Lipinski definition) is 3. The summed E-state index contributed by atoms with van der Waals surface area (Å²) in [4.78, 5) is 24.1. The van der Waals surface area contributed by atoms with E-state index in [4.69, 9.17) is 9.84 Å². The topological polar surface area (TPSA) is 87.7 Å². The highest BCUT2D eigenvalue weighted by Gasteiger charge is 2.44. The lowest BCUT2D eigenvalue weighted by Crippen LogP contribution is -2.27. The Morgan fingerprint density at radius 3 is 2.67 bits per heavy atom. The number of hydrogen-bond acceptors (Lipinski definition) is 4. The molecular formula is C21H24N2O4. The van der Waals surface area contributed by atoms with Gasteiger partial charge in [0.15, 0.2) is 0 Å². The number of carbonyl (C=O) groups is 2. The number of ether oxygens (including phenoxy) is 1. The molecule has 1 aliphatic carbocycles. The summed E-state index contributed by atoms with van der Waals surface area (Å²) < 4.78 is 5.24. The summed E-state index contributed by atoms with van der Waals surface area (Å²) in [6, 6.07) is 15.1. The van der Waals surface area contributed by atoms with Gasteiger partial charge < -0.3 is 20.5 Å². The number of aliphatic hydroxyl groups is 1. The molecule has 6 heteroatoms. The molecule has 6 nitrogen and oxygen atoms in total. The predicted molar refractivity (Wildman–Crippen MR) is 103 cm³/mol. The van der Waals surface area contributed by atoms with Gasteiger partial charge in [0.2, 0.25) is 11.8 Å². The Balaban J connectivity index is 1.52. The van der Waals surface area contributed by atoms with Crippen LogP contribution in [0.5, 0.6) is 5.75 Å². The standard InChI is InChI=1S/C21H24N2O4/c1-27-17-4-2-3-15(12-17)18-13-19(18)21(26)23-16-7-5-14(6-8-16)11-20(25)22-9-10-24/h2-8,12,18-19,24H,9-11,13H2,1H3,(H,22,25)(H,23,26)/t18-,19-/m1/s1. The van der Waals surface area contributed by atoms with Crippen molar-refractivity contribution in [2.75, 3.05) is 25.6 Å². The van der Waals surface area contributed by atoms with Crippen molar-refractivity contribution in [2.24, 2.45) is 5.92 Å². The lowest BCUT2D eigenvalue weighted by molar-refractivity contribution is -0.120. The molecule has 2 aromatic carbocycles. The fourth-order valence-electron chi connectivity index (χ4n) is 3.11. The van der Waals surface area contributed by atoms with E-state index in [1.165, 1.54) is 0 Å². The molecule has 2 amide bonds. The lowest BCUT2D eigenvalue weighted by Gasteiger charge is -2.08. The first kappa shape index (κ1) is 18.9. The van der Waals surface area contributed by atoms with E-state index in [9.17, 15) is 9.59 Å². The molecule has 2 atom stereocenters. The molecule has 1 fully saturated rings. The number of benzene rings is 2. The zero-order valence-corrected chi connectivity index (χ0v) is 15.3. The van der Waals surface area contributed by atoms with Gasteiger partial charge in [-0.15, -0.1) is 0 Å². The third-order valence-corrected chi connectivity index (χ3v) is 4.67. The van der Waals surface area contributed by atoms with E-state index >= 15 is 0 Å². The summed E-state index contributed by atoms with van der Waals surface area (Å²) in [5.41, 5.74) is 2.69. The van der Waals surface area contributed by atoms with Crippen molar-refractivity contribution in [1.82, 2.24) is 5.32 Å². The maximum absolute atomic E-state index is 12.5. The SMILES string of the molecule is COc1cccc([C@H]2C[C@H]2C(=O)Nc2ccc(CC(=O)NCCO)cc2)c1. The summed E-state index contributed by atoms with van der Waals surface area (Å²) >= 11 is 0. The minimum absolute atomic E-state index is 0.0104. The zero-order chi connectivity index (χ0) is 19.2. The first-order valence-corrected chi connectivity index (χ1v) is 9.02. The zero-order valence-electron chi connectivity index (χ0n) is 15.3. The Morgan fingerprint density at radius 2 is 1.96 bits per heavy atom. The summed E-state index contributed by atoms with van der Waals surface area (Å²) in [5.74, 6) is 0.879. The largest absolute Gasteiger partial charge is 0.497 e. The van der Waals surface area contributed by atoms with Gasteiger partial charge in [0.05, 0.1) is 20.1 Å². The van der Waals surface area contributed by atoms with Crippen molar-refractivity contribution in [1.29, 1.82) is 0 Å². The molecule has 0 aromatic heterocycles. The Morgan fingerprint density at radius 1 is 1.19 bits per heavy atom. The first-order valence-electron chi connectivity index (χ1n) is 9.02. The average Bonchev–Trinajstić information content (AvgIpc) is 3.49. The van der Waals surface area contributed by atoms with Crippen LogP contribution in [0.25, 0.3) is 0 Å². The molecule has 0 bridgehead atoms. The van der Waals surface area contributed by atoms with Crippen molar-refractivity contribution < 1.29 is 19.4 Å². The lowest BCUT2D eigenvalue weighted by atomic mass is 10.1. The number of nitrogens with one attached hydrogen (secondary N) is 2. The van der Waals surface area contributed by atoms with E-state index in [2.05, 4.69) is 10.6 Å². The predicted octanol–water partition coefficient (Wildman–Crippen LogP) is 2.09. The van der Waals surface area contributed by atoms with Gasteiger partial charge in [0, 0.05) is 18.2 Å². The molecule has 142 valence electrons. The smallest absolute Gasteiger partial charge is 0.228 e. The van der Waals surface area contributed by atoms with E-state index < -0.39 is 0 Å². The van der Waals surface area contributed by atoms with Crippen molar-refractivity contribution in [3.8, 4) is 5.75 Å². The molecule has 3 N–H and O–H groups in total. The molecule has 1 aliphatic rings. The minimum atomic E-state index is -0.139. The van der Waals surface area contributed by atoms with Gasteiger partial charge >= 0.3 is 0 Å². The molecule has 3 rings (SSSR count). The number of anilines is 1. The van der Waals surface area contributed by atoms with Gasteiger partial charge in [-0.25, -0.2) is 0 Å². The number of methoxy groups -OCH3 is 1. The third-order valence-electron chi connectivity index (χ3n) is 4.67. The Labute approximate surface area is 158 Å². The second kappa shape index (κ2) is 8.68.